The van der Waals surface area contributed by atoms with Gasteiger partial charge in [0, 0.05) is 29.9 Å². The second kappa shape index (κ2) is 11.8. The Morgan fingerprint density at radius 3 is 2.62 bits per heavy atom. The van der Waals surface area contributed by atoms with Crippen LogP contribution in [0.1, 0.15) is 54.6 Å². The minimum atomic E-state index is -0.211. The Balaban J connectivity index is 1.14. The van der Waals surface area contributed by atoms with Crippen LogP contribution in [0.15, 0.2) is 84.5 Å². The van der Waals surface area contributed by atoms with Crippen molar-refractivity contribution >= 4 is 39.3 Å². The summed E-state index contributed by atoms with van der Waals surface area (Å²) >= 11 is 1.60. The molecule has 1 saturated carbocycles. The second-order valence-electron chi connectivity index (χ2n) is 10.2. The molecule has 1 fully saturated rings. The Labute approximate surface area is 237 Å². The number of benzene rings is 3. The second-order valence-corrected chi connectivity index (χ2v) is 11.1. The molecular formula is C32H31N5O2S. The number of rotatable bonds is 11. The maximum Gasteiger partial charge on any atom is 0.258 e. The quantitative estimate of drug-likeness (QED) is 0.178. The zero-order valence-corrected chi connectivity index (χ0v) is 23.0. The highest BCUT2D eigenvalue weighted by molar-refractivity contribution is 7.16. The average Bonchev–Trinajstić information content (AvgIpc) is 3.50. The molecule has 0 spiro atoms. The first-order valence-corrected chi connectivity index (χ1v) is 14.7. The summed E-state index contributed by atoms with van der Waals surface area (Å²) in [5, 5.41) is 6.09. The number of anilines is 1. The van der Waals surface area contributed by atoms with E-state index in [0.29, 0.717) is 24.0 Å². The van der Waals surface area contributed by atoms with E-state index < -0.39 is 0 Å². The SMILES string of the molecule is O=C(CCCCCc1cn(-c2ccccc2)c(NC(=O)c2cccc(-c3ccc4ncsc4c3)c2)n1)NC1CC1. The molecule has 1 aliphatic carbocycles. The topological polar surface area (TPSA) is 88.9 Å². The molecule has 0 atom stereocenters. The minimum Gasteiger partial charge on any atom is -0.353 e. The number of nitrogens with zero attached hydrogens (tertiary/aromatic N) is 3. The van der Waals surface area contributed by atoms with Gasteiger partial charge in [-0.3, -0.25) is 19.5 Å². The Bertz CT molecular complexity index is 1640. The van der Waals surface area contributed by atoms with E-state index >= 15 is 0 Å². The molecule has 5 aromatic rings. The van der Waals surface area contributed by atoms with Crippen molar-refractivity contribution in [2.45, 2.75) is 51.0 Å². The first-order valence-electron chi connectivity index (χ1n) is 13.8. The van der Waals surface area contributed by atoms with Crippen LogP contribution in [0.2, 0.25) is 0 Å². The molecule has 0 bridgehead atoms. The van der Waals surface area contributed by atoms with E-state index in [1.165, 1.54) is 0 Å². The molecule has 0 aliphatic heterocycles. The van der Waals surface area contributed by atoms with E-state index in [2.05, 4.69) is 21.7 Å². The van der Waals surface area contributed by atoms with Gasteiger partial charge in [-0.15, -0.1) is 11.3 Å². The maximum absolute atomic E-state index is 13.4. The standard InChI is InChI=1S/C32H31N5O2S/c38-30(34-25-15-16-25)13-6-1-3-10-26-20-37(27-11-4-2-5-12-27)32(35-26)36-31(39)24-9-7-8-22(18-24)23-14-17-28-29(19-23)40-21-33-28/h2,4-5,7-9,11-12,14,17-21,25H,1,3,6,10,13,15-16H2,(H,34,38)(H,35,36,39). The van der Waals surface area contributed by atoms with Crippen LogP contribution in [-0.4, -0.2) is 32.4 Å². The number of aromatic nitrogens is 3. The molecule has 1 aliphatic rings. The number of para-hydroxylation sites is 1. The molecule has 7 nitrogen and oxygen atoms in total. The van der Waals surface area contributed by atoms with E-state index in [-0.39, 0.29) is 11.8 Å². The number of unbranched alkanes of at least 4 members (excludes halogenated alkanes) is 2. The summed E-state index contributed by atoms with van der Waals surface area (Å²) in [6.45, 7) is 0. The highest BCUT2D eigenvalue weighted by atomic mass is 32.1. The van der Waals surface area contributed by atoms with E-state index in [9.17, 15) is 9.59 Å². The molecule has 2 amide bonds. The summed E-state index contributed by atoms with van der Waals surface area (Å²) in [4.78, 5) is 34.5. The van der Waals surface area contributed by atoms with E-state index in [0.717, 1.165) is 71.2 Å². The van der Waals surface area contributed by atoms with Crippen LogP contribution < -0.4 is 10.6 Å². The highest BCUT2D eigenvalue weighted by Gasteiger charge is 2.22. The number of hydrogen-bond donors (Lipinski definition) is 2. The molecule has 2 heterocycles. The van der Waals surface area contributed by atoms with E-state index in [1.807, 2.05) is 83.0 Å². The third kappa shape index (κ3) is 6.29. The highest BCUT2D eigenvalue weighted by Crippen LogP contribution is 2.27. The van der Waals surface area contributed by atoms with Crippen molar-refractivity contribution in [1.29, 1.82) is 0 Å². The first kappa shape index (κ1) is 26.0. The third-order valence-corrected chi connectivity index (χ3v) is 7.88. The lowest BCUT2D eigenvalue weighted by atomic mass is 10.0. The first-order chi connectivity index (χ1) is 19.6. The van der Waals surface area contributed by atoms with Crippen LogP contribution in [0.4, 0.5) is 5.95 Å². The normalized spacial score (nSPS) is 12.9. The zero-order chi connectivity index (χ0) is 27.3. The molecule has 2 aromatic heterocycles. The van der Waals surface area contributed by atoms with Crippen LogP contribution in [0.5, 0.6) is 0 Å². The third-order valence-electron chi connectivity index (χ3n) is 7.08. The van der Waals surface area contributed by atoms with Gasteiger partial charge in [-0.1, -0.05) is 42.8 Å². The number of amides is 2. The van der Waals surface area contributed by atoms with Crippen molar-refractivity contribution in [3.8, 4) is 16.8 Å². The fourth-order valence-corrected chi connectivity index (χ4v) is 5.48. The van der Waals surface area contributed by atoms with E-state index in [1.54, 1.807) is 11.3 Å². The zero-order valence-electron chi connectivity index (χ0n) is 22.2. The number of fused-ring (bicyclic) bond motifs is 1. The molecule has 202 valence electrons. The molecular weight excluding hydrogens is 518 g/mol. The summed E-state index contributed by atoms with van der Waals surface area (Å²) in [6, 6.07) is 24.1. The van der Waals surface area contributed by atoms with Crippen molar-refractivity contribution in [3.63, 3.8) is 0 Å². The number of imidazole rings is 1. The minimum absolute atomic E-state index is 0.161. The Kier molecular flexibility index (Phi) is 7.68. The van der Waals surface area contributed by atoms with Crippen molar-refractivity contribution in [2.75, 3.05) is 5.32 Å². The lowest BCUT2D eigenvalue weighted by Crippen LogP contribution is -2.24. The monoisotopic (exact) mass is 549 g/mol. The maximum atomic E-state index is 13.4. The number of nitrogens with one attached hydrogen (secondary N) is 2. The van der Waals surface area contributed by atoms with Crippen LogP contribution >= 0.6 is 11.3 Å². The van der Waals surface area contributed by atoms with Crippen molar-refractivity contribution in [1.82, 2.24) is 19.9 Å². The van der Waals surface area contributed by atoms with Crippen LogP contribution in [-0.2, 0) is 11.2 Å². The van der Waals surface area contributed by atoms with Gasteiger partial charge in [0.2, 0.25) is 11.9 Å². The molecule has 2 N–H and O–H groups in total. The number of aryl methyl sites for hydroxylation is 1. The largest absolute Gasteiger partial charge is 0.353 e. The van der Waals surface area contributed by atoms with Gasteiger partial charge in [0.1, 0.15) is 0 Å². The molecule has 0 unspecified atom stereocenters. The number of hydrogen-bond acceptors (Lipinski definition) is 5. The van der Waals surface area contributed by atoms with Crippen molar-refractivity contribution in [2.24, 2.45) is 0 Å². The predicted octanol–water partition coefficient (Wildman–Crippen LogP) is 6.78. The van der Waals surface area contributed by atoms with Crippen LogP contribution in [0.25, 0.3) is 27.0 Å². The number of carbonyl (C=O) groups excluding carboxylic acids is 2. The van der Waals surface area contributed by atoms with Crippen LogP contribution in [0.3, 0.4) is 0 Å². The summed E-state index contributed by atoms with van der Waals surface area (Å²) in [5.41, 5.74) is 7.25. The molecule has 3 aromatic carbocycles. The van der Waals surface area contributed by atoms with Gasteiger partial charge in [0.25, 0.3) is 5.91 Å². The summed E-state index contributed by atoms with van der Waals surface area (Å²) in [7, 11) is 0. The lowest BCUT2D eigenvalue weighted by molar-refractivity contribution is -0.121. The van der Waals surface area contributed by atoms with Gasteiger partial charge in [0.05, 0.1) is 21.4 Å². The fourth-order valence-electron chi connectivity index (χ4n) is 4.77. The smallest absolute Gasteiger partial charge is 0.258 e. The lowest BCUT2D eigenvalue weighted by Gasteiger charge is -2.10. The Morgan fingerprint density at radius 1 is 0.925 bits per heavy atom. The van der Waals surface area contributed by atoms with Crippen molar-refractivity contribution < 1.29 is 9.59 Å². The van der Waals surface area contributed by atoms with E-state index in [4.69, 9.17) is 4.98 Å². The number of thiazole rings is 1. The van der Waals surface area contributed by atoms with Gasteiger partial charge < -0.3 is 5.32 Å². The molecule has 6 rings (SSSR count). The van der Waals surface area contributed by atoms with Gasteiger partial charge >= 0.3 is 0 Å². The van der Waals surface area contributed by atoms with Gasteiger partial charge in [-0.05, 0) is 79.6 Å². The Hall–Kier alpha value is -4.30. The molecule has 0 saturated heterocycles. The summed E-state index contributed by atoms with van der Waals surface area (Å²) in [5.74, 6) is 0.442. The molecule has 8 heteroatoms. The Morgan fingerprint density at radius 2 is 1.77 bits per heavy atom. The summed E-state index contributed by atoms with van der Waals surface area (Å²) in [6.07, 6.45) is 8.34. The van der Waals surface area contributed by atoms with Crippen LogP contribution in [0, 0.1) is 0 Å². The predicted molar refractivity (Wildman–Crippen MR) is 160 cm³/mol. The number of carbonyl (C=O) groups is 2. The fraction of sp³-hybridized carbons (Fsp3) is 0.250. The average molecular weight is 550 g/mol. The summed E-state index contributed by atoms with van der Waals surface area (Å²) < 4.78 is 3.05. The van der Waals surface area contributed by atoms with Gasteiger partial charge in [0.15, 0.2) is 0 Å². The molecule has 0 radical (unpaired) electrons. The van der Waals surface area contributed by atoms with Gasteiger partial charge in [-0.25, -0.2) is 9.97 Å². The molecule has 40 heavy (non-hydrogen) atoms. The van der Waals surface area contributed by atoms with Gasteiger partial charge in [-0.2, -0.15) is 0 Å². The van der Waals surface area contributed by atoms with Crippen molar-refractivity contribution in [3.05, 3.63) is 95.8 Å².